The Morgan fingerprint density at radius 1 is 1.29 bits per heavy atom. The molecule has 0 saturated carbocycles. The molecule has 0 bridgehead atoms. The van der Waals surface area contributed by atoms with E-state index in [0.29, 0.717) is 17.6 Å². The average Bonchev–Trinajstić information content (AvgIpc) is 3.01. The fraction of sp³-hybridized carbons (Fsp3) is 0.231. The van der Waals surface area contributed by atoms with Crippen molar-refractivity contribution in [1.82, 2.24) is 14.5 Å². The third kappa shape index (κ3) is 2.71. The van der Waals surface area contributed by atoms with E-state index in [1.165, 1.54) is 22.0 Å². The van der Waals surface area contributed by atoms with E-state index in [4.69, 9.17) is 5.73 Å². The Morgan fingerprint density at radius 3 is 2.76 bits per heavy atom. The molecule has 0 amide bonds. The van der Waals surface area contributed by atoms with Crippen LogP contribution in [0.5, 0.6) is 0 Å². The number of rotatable bonds is 3. The molecular formula is C13H11F3N4S. The molecule has 0 atom stereocenters. The van der Waals surface area contributed by atoms with Crippen LogP contribution < -0.4 is 5.73 Å². The minimum atomic E-state index is -4.50. The Hall–Kier alpha value is -2.09. The van der Waals surface area contributed by atoms with Crippen molar-refractivity contribution in [2.45, 2.75) is 19.1 Å². The predicted molar refractivity (Wildman–Crippen MR) is 75.0 cm³/mol. The van der Waals surface area contributed by atoms with Gasteiger partial charge in [0.05, 0.1) is 16.0 Å². The molecule has 0 unspecified atom stereocenters. The zero-order valence-corrected chi connectivity index (χ0v) is 11.6. The molecule has 0 radical (unpaired) electrons. The standard InChI is InChI=1S/C13H11F3N4S/c14-13(15,16)12-19-9-7-8(17)1-2-10(9)20(12)5-3-11-18-4-6-21-11/h1-2,4,6-7H,3,5,17H2. The molecule has 0 fully saturated rings. The molecule has 3 aromatic rings. The summed E-state index contributed by atoms with van der Waals surface area (Å²) in [6.45, 7) is 0.169. The molecule has 4 nitrogen and oxygen atoms in total. The molecule has 0 saturated heterocycles. The molecule has 0 aliphatic rings. The number of nitrogens with zero attached hydrogens (tertiary/aromatic N) is 3. The summed E-state index contributed by atoms with van der Waals surface area (Å²) >= 11 is 1.42. The second kappa shape index (κ2) is 5.03. The van der Waals surface area contributed by atoms with Gasteiger partial charge in [-0.15, -0.1) is 11.3 Å². The summed E-state index contributed by atoms with van der Waals surface area (Å²) in [6, 6.07) is 4.59. The van der Waals surface area contributed by atoms with Crippen LogP contribution in [0.3, 0.4) is 0 Å². The summed E-state index contributed by atoms with van der Waals surface area (Å²) in [6.07, 6.45) is -2.44. The van der Waals surface area contributed by atoms with Crippen LogP contribution in [0.15, 0.2) is 29.8 Å². The second-order valence-corrected chi connectivity index (χ2v) is 5.49. The summed E-state index contributed by atoms with van der Waals surface area (Å²) in [4.78, 5) is 7.77. The average molecular weight is 312 g/mol. The van der Waals surface area contributed by atoms with Crippen LogP contribution in [0.2, 0.25) is 0 Å². The van der Waals surface area contributed by atoms with E-state index in [0.717, 1.165) is 5.01 Å². The normalized spacial score (nSPS) is 12.1. The molecule has 0 aliphatic carbocycles. The van der Waals surface area contributed by atoms with Crippen molar-refractivity contribution >= 4 is 28.1 Å². The summed E-state index contributed by atoms with van der Waals surface area (Å²) in [5, 5.41) is 2.59. The maximum Gasteiger partial charge on any atom is 0.449 e. The minimum Gasteiger partial charge on any atom is -0.399 e. The Labute approximate surface area is 122 Å². The Balaban J connectivity index is 2.05. The van der Waals surface area contributed by atoms with E-state index in [1.54, 1.807) is 23.7 Å². The monoisotopic (exact) mass is 312 g/mol. The molecule has 0 spiro atoms. The predicted octanol–water partition coefficient (Wildman–Crippen LogP) is 3.34. The van der Waals surface area contributed by atoms with Crippen molar-refractivity contribution in [1.29, 1.82) is 0 Å². The highest BCUT2D eigenvalue weighted by molar-refractivity contribution is 7.09. The smallest absolute Gasteiger partial charge is 0.399 e. The van der Waals surface area contributed by atoms with Gasteiger partial charge in [0.15, 0.2) is 0 Å². The van der Waals surface area contributed by atoms with Gasteiger partial charge in [-0.05, 0) is 18.2 Å². The first-order valence-corrected chi connectivity index (χ1v) is 7.04. The van der Waals surface area contributed by atoms with Gasteiger partial charge >= 0.3 is 6.18 Å². The number of halogens is 3. The quantitative estimate of drug-likeness (QED) is 0.755. The molecule has 0 aliphatic heterocycles. The van der Waals surface area contributed by atoms with E-state index in [9.17, 15) is 13.2 Å². The molecule has 2 aromatic heterocycles. The lowest BCUT2D eigenvalue weighted by Crippen LogP contribution is -2.16. The number of nitrogens with two attached hydrogens (primary N) is 1. The molecule has 2 N–H and O–H groups in total. The molecule has 2 heterocycles. The first kappa shape index (κ1) is 13.9. The number of hydrogen-bond acceptors (Lipinski definition) is 4. The molecule has 3 rings (SSSR count). The summed E-state index contributed by atoms with van der Waals surface area (Å²) in [7, 11) is 0. The van der Waals surface area contributed by atoms with E-state index in [-0.39, 0.29) is 12.1 Å². The lowest BCUT2D eigenvalue weighted by molar-refractivity contribution is -0.146. The number of anilines is 1. The maximum atomic E-state index is 13.1. The summed E-state index contributed by atoms with van der Waals surface area (Å²) in [5.41, 5.74) is 6.67. The Bertz CT molecular complexity index is 762. The highest BCUT2D eigenvalue weighted by atomic mass is 32.1. The van der Waals surface area contributed by atoms with Gasteiger partial charge in [0.25, 0.3) is 0 Å². The molecule has 8 heteroatoms. The lowest BCUT2D eigenvalue weighted by atomic mass is 10.3. The number of thiazole rings is 1. The second-order valence-electron chi connectivity index (χ2n) is 4.51. The Morgan fingerprint density at radius 2 is 2.10 bits per heavy atom. The van der Waals surface area contributed by atoms with Crippen molar-refractivity contribution in [3.8, 4) is 0 Å². The first-order chi connectivity index (χ1) is 9.95. The maximum absolute atomic E-state index is 13.1. The topological polar surface area (TPSA) is 56.7 Å². The molecule has 1 aromatic carbocycles. The third-order valence-corrected chi connectivity index (χ3v) is 3.90. The fourth-order valence-electron chi connectivity index (χ4n) is 2.17. The van der Waals surface area contributed by atoms with Crippen molar-refractivity contribution in [3.63, 3.8) is 0 Å². The number of alkyl halides is 3. The summed E-state index contributed by atoms with van der Waals surface area (Å²) in [5.74, 6) is -0.903. The van der Waals surface area contributed by atoms with Crippen LogP contribution >= 0.6 is 11.3 Å². The number of hydrogen-bond donors (Lipinski definition) is 1. The van der Waals surface area contributed by atoms with E-state index in [2.05, 4.69) is 9.97 Å². The van der Waals surface area contributed by atoms with Crippen LogP contribution in [0.4, 0.5) is 18.9 Å². The van der Waals surface area contributed by atoms with Gasteiger partial charge < -0.3 is 10.3 Å². The zero-order valence-electron chi connectivity index (χ0n) is 10.8. The van der Waals surface area contributed by atoms with Gasteiger partial charge in [0, 0.05) is 30.2 Å². The highest BCUT2D eigenvalue weighted by Gasteiger charge is 2.37. The largest absolute Gasteiger partial charge is 0.449 e. The van der Waals surface area contributed by atoms with Crippen LogP contribution in [-0.2, 0) is 19.1 Å². The third-order valence-electron chi connectivity index (χ3n) is 3.06. The number of nitrogen functional groups attached to an aromatic ring is 1. The van der Waals surface area contributed by atoms with Crippen molar-refractivity contribution in [2.24, 2.45) is 0 Å². The fourth-order valence-corrected chi connectivity index (χ4v) is 2.78. The number of aromatic nitrogens is 3. The van der Waals surface area contributed by atoms with Gasteiger partial charge in [-0.3, -0.25) is 0 Å². The SMILES string of the molecule is Nc1ccc2c(c1)nc(C(F)(F)F)n2CCc1nccs1. The van der Waals surface area contributed by atoms with Gasteiger partial charge in [-0.25, -0.2) is 9.97 Å². The van der Waals surface area contributed by atoms with E-state index in [1.807, 2.05) is 0 Å². The summed E-state index contributed by atoms with van der Waals surface area (Å²) < 4.78 is 40.6. The number of aryl methyl sites for hydroxylation is 2. The number of imidazole rings is 1. The van der Waals surface area contributed by atoms with Gasteiger partial charge in [0.1, 0.15) is 0 Å². The van der Waals surface area contributed by atoms with Gasteiger partial charge in [-0.2, -0.15) is 13.2 Å². The van der Waals surface area contributed by atoms with E-state index >= 15 is 0 Å². The van der Waals surface area contributed by atoms with Crippen LogP contribution in [-0.4, -0.2) is 14.5 Å². The molecule has 21 heavy (non-hydrogen) atoms. The highest BCUT2D eigenvalue weighted by Crippen LogP contribution is 2.32. The number of benzene rings is 1. The Kier molecular flexibility index (Phi) is 3.32. The number of fused-ring (bicyclic) bond motifs is 1. The lowest BCUT2D eigenvalue weighted by Gasteiger charge is -2.10. The van der Waals surface area contributed by atoms with Crippen LogP contribution in [0.25, 0.3) is 11.0 Å². The van der Waals surface area contributed by atoms with Crippen molar-refractivity contribution in [3.05, 3.63) is 40.6 Å². The van der Waals surface area contributed by atoms with E-state index < -0.39 is 12.0 Å². The van der Waals surface area contributed by atoms with Gasteiger partial charge in [-0.1, -0.05) is 0 Å². The van der Waals surface area contributed by atoms with Crippen molar-refractivity contribution in [2.75, 3.05) is 5.73 Å². The minimum absolute atomic E-state index is 0.169. The zero-order chi connectivity index (χ0) is 15.0. The molecular weight excluding hydrogens is 301 g/mol. The first-order valence-electron chi connectivity index (χ1n) is 6.16. The van der Waals surface area contributed by atoms with Crippen molar-refractivity contribution < 1.29 is 13.2 Å². The molecule has 110 valence electrons. The van der Waals surface area contributed by atoms with Crippen LogP contribution in [0.1, 0.15) is 10.8 Å². The van der Waals surface area contributed by atoms with Crippen LogP contribution in [0, 0.1) is 0 Å². The van der Waals surface area contributed by atoms with Gasteiger partial charge in [0.2, 0.25) is 5.82 Å².